The quantitative estimate of drug-likeness (QED) is 0.646. The van der Waals surface area contributed by atoms with Gasteiger partial charge in [0.15, 0.2) is 6.61 Å². The van der Waals surface area contributed by atoms with Crippen LogP contribution in [0.1, 0.15) is 6.92 Å². The van der Waals surface area contributed by atoms with Crippen molar-refractivity contribution < 1.29 is 18.9 Å². The van der Waals surface area contributed by atoms with Crippen LogP contribution in [0.3, 0.4) is 0 Å². The summed E-state index contributed by atoms with van der Waals surface area (Å²) in [5.74, 6) is 0. The first kappa shape index (κ1) is 10.9. The van der Waals surface area contributed by atoms with Gasteiger partial charge in [0.2, 0.25) is 0 Å². The zero-order chi connectivity index (χ0) is 9.84. The van der Waals surface area contributed by atoms with E-state index in [1.807, 2.05) is 6.92 Å². The molecule has 1 aliphatic rings. The normalized spacial score (nSPS) is 40.6. The molecule has 0 bridgehead atoms. The van der Waals surface area contributed by atoms with Crippen LogP contribution >= 0.6 is 0 Å². The second kappa shape index (κ2) is 4.91. The molecule has 4 heteroatoms. The Morgan fingerprint density at radius 3 is 2.08 bits per heavy atom. The molecular formula is C9H16O4. The van der Waals surface area contributed by atoms with Gasteiger partial charge in [-0.25, -0.2) is 0 Å². The van der Waals surface area contributed by atoms with E-state index in [-0.39, 0.29) is 24.4 Å². The lowest BCUT2D eigenvalue weighted by Crippen LogP contribution is -2.52. The van der Waals surface area contributed by atoms with Crippen molar-refractivity contribution >= 4 is 0 Å². The van der Waals surface area contributed by atoms with Gasteiger partial charge in [-0.3, -0.25) is 0 Å². The third kappa shape index (κ3) is 2.20. The van der Waals surface area contributed by atoms with Gasteiger partial charge in [-0.1, -0.05) is 0 Å². The van der Waals surface area contributed by atoms with Gasteiger partial charge in [0.25, 0.3) is 0 Å². The smallest absolute Gasteiger partial charge is 0.166 e. The van der Waals surface area contributed by atoms with Crippen LogP contribution in [0.2, 0.25) is 0 Å². The lowest BCUT2D eigenvalue weighted by Gasteiger charge is -2.38. The molecule has 4 atom stereocenters. The monoisotopic (exact) mass is 188 g/mol. The molecule has 0 aromatic carbocycles. The molecule has 0 amide bonds. The predicted molar refractivity (Wildman–Crippen MR) is 46.2 cm³/mol. The van der Waals surface area contributed by atoms with E-state index in [0.717, 1.165) is 0 Å². The molecule has 0 spiro atoms. The van der Waals surface area contributed by atoms with E-state index < -0.39 is 0 Å². The summed E-state index contributed by atoms with van der Waals surface area (Å²) in [6.45, 7) is 4.67. The highest BCUT2D eigenvalue weighted by molar-refractivity contribution is 4.92. The van der Waals surface area contributed by atoms with Crippen molar-refractivity contribution in [2.24, 2.45) is 0 Å². The first-order valence-corrected chi connectivity index (χ1v) is 4.24. The lowest BCUT2D eigenvalue weighted by atomic mass is 10.0. The molecule has 0 aromatic heterocycles. The van der Waals surface area contributed by atoms with Gasteiger partial charge in [0, 0.05) is 21.3 Å². The number of hydrogen-bond donors (Lipinski definition) is 0. The van der Waals surface area contributed by atoms with E-state index in [2.05, 4.69) is 6.61 Å². The Hall–Kier alpha value is -0.160. The van der Waals surface area contributed by atoms with Gasteiger partial charge >= 0.3 is 0 Å². The van der Waals surface area contributed by atoms with Crippen molar-refractivity contribution in [3.05, 3.63) is 6.61 Å². The molecule has 76 valence electrons. The first-order valence-electron chi connectivity index (χ1n) is 4.24. The van der Waals surface area contributed by atoms with Crippen molar-refractivity contribution in [2.75, 3.05) is 21.3 Å². The highest BCUT2D eigenvalue weighted by Crippen LogP contribution is 2.24. The Labute approximate surface area is 79.1 Å². The van der Waals surface area contributed by atoms with Crippen molar-refractivity contribution in [1.82, 2.24) is 0 Å². The number of ether oxygens (including phenoxy) is 4. The number of hydrogen-bond acceptors (Lipinski definition) is 4. The van der Waals surface area contributed by atoms with Crippen LogP contribution in [-0.2, 0) is 18.9 Å². The van der Waals surface area contributed by atoms with Crippen molar-refractivity contribution in [3.8, 4) is 0 Å². The molecule has 0 saturated carbocycles. The minimum Gasteiger partial charge on any atom is -0.376 e. The maximum absolute atomic E-state index is 5.28. The molecular weight excluding hydrogens is 172 g/mol. The molecule has 13 heavy (non-hydrogen) atoms. The Bertz CT molecular complexity index is 151. The number of rotatable bonds is 3. The predicted octanol–water partition coefficient (Wildman–Crippen LogP) is 0.489. The van der Waals surface area contributed by atoms with Crippen LogP contribution in [-0.4, -0.2) is 45.7 Å². The molecule has 0 aliphatic carbocycles. The highest BCUT2D eigenvalue weighted by Gasteiger charge is 2.40. The molecule has 1 heterocycles. The maximum Gasteiger partial charge on any atom is 0.166 e. The SMILES string of the molecule is CO[C@@H]1[C@H](OC)[C@H](OC)[C]O[C@H]1C. The van der Waals surface area contributed by atoms with E-state index in [0.29, 0.717) is 0 Å². The van der Waals surface area contributed by atoms with Crippen molar-refractivity contribution in [3.63, 3.8) is 0 Å². The van der Waals surface area contributed by atoms with Gasteiger partial charge in [-0.05, 0) is 6.92 Å². The van der Waals surface area contributed by atoms with Gasteiger partial charge in [0.05, 0.1) is 6.10 Å². The molecule has 1 rings (SSSR count). The molecule has 1 aliphatic heterocycles. The molecule has 2 radical (unpaired) electrons. The molecule has 1 saturated heterocycles. The maximum atomic E-state index is 5.28. The van der Waals surface area contributed by atoms with Gasteiger partial charge in [0.1, 0.15) is 18.3 Å². The molecule has 0 N–H and O–H groups in total. The van der Waals surface area contributed by atoms with Gasteiger partial charge < -0.3 is 18.9 Å². The van der Waals surface area contributed by atoms with Crippen LogP contribution in [0.15, 0.2) is 0 Å². The second-order valence-corrected chi connectivity index (χ2v) is 3.00. The van der Waals surface area contributed by atoms with E-state index in [1.165, 1.54) is 0 Å². The van der Waals surface area contributed by atoms with E-state index in [1.54, 1.807) is 21.3 Å². The first-order chi connectivity index (χ1) is 6.24. The fourth-order valence-electron chi connectivity index (χ4n) is 1.51. The Morgan fingerprint density at radius 1 is 1.00 bits per heavy atom. The Balaban J connectivity index is 2.64. The average molecular weight is 188 g/mol. The second-order valence-electron chi connectivity index (χ2n) is 3.00. The zero-order valence-corrected chi connectivity index (χ0v) is 8.44. The topological polar surface area (TPSA) is 36.9 Å². The van der Waals surface area contributed by atoms with Crippen LogP contribution < -0.4 is 0 Å². The largest absolute Gasteiger partial charge is 0.376 e. The third-order valence-corrected chi connectivity index (χ3v) is 2.25. The van der Waals surface area contributed by atoms with Crippen molar-refractivity contribution in [2.45, 2.75) is 31.3 Å². The third-order valence-electron chi connectivity index (χ3n) is 2.25. The Morgan fingerprint density at radius 2 is 1.62 bits per heavy atom. The minimum absolute atomic E-state index is 0.0543. The summed E-state index contributed by atoms with van der Waals surface area (Å²) in [5.41, 5.74) is 0. The van der Waals surface area contributed by atoms with Crippen LogP contribution in [0.5, 0.6) is 0 Å². The van der Waals surface area contributed by atoms with Crippen molar-refractivity contribution in [1.29, 1.82) is 0 Å². The summed E-state index contributed by atoms with van der Waals surface area (Å²) in [6.07, 6.45) is -0.609. The minimum atomic E-state index is -0.286. The highest BCUT2D eigenvalue weighted by atomic mass is 16.6. The Kier molecular flexibility index (Phi) is 4.12. The molecule has 0 aromatic rings. The summed E-state index contributed by atoms with van der Waals surface area (Å²) >= 11 is 0. The summed E-state index contributed by atoms with van der Waals surface area (Å²) in [4.78, 5) is 0. The standard InChI is InChI=1S/C9H16O4/c1-6-8(11-3)9(12-4)7(10-2)5-13-6/h6-9H,1-4H3/t6-,7+,8-,9+/m0/s1. The van der Waals surface area contributed by atoms with E-state index >= 15 is 0 Å². The van der Waals surface area contributed by atoms with Gasteiger partial charge in [-0.2, -0.15) is 0 Å². The fourth-order valence-corrected chi connectivity index (χ4v) is 1.51. The summed E-state index contributed by atoms with van der Waals surface area (Å²) in [5, 5.41) is 0. The van der Waals surface area contributed by atoms with E-state index in [4.69, 9.17) is 18.9 Å². The summed E-state index contributed by atoms with van der Waals surface area (Å²) in [7, 11) is 4.85. The summed E-state index contributed by atoms with van der Waals surface area (Å²) in [6, 6.07) is 0. The zero-order valence-electron chi connectivity index (χ0n) is 8.44. The molecule has 1 fully saturated rings. The number of methoxy groups -OCH3 is 3. The average Bonchev–Trinajstić information content (AvgIpc) is 2.17. The van der Waals surface area contributed by atoms with E-state index in [9.17, 15) is 0 Å². The lowest BCUT2D eigenvalue weighted by molar-refractivity contribution is -0.183. The van der Waals surface area contributed by atoms with Crippen LogP contribution in [0.4, 0.5) is 0 Å². The fraction of sp³-hybridized carbons (Fsp3) is 0.889. The summed E-state index contributed by atoms with van der Waals surface area (Å²) < 4.78 is 20.9. The van der Waals surface area contributed by atoms with Crippen LogP contribution in [0, 0.1) is 6.61 Å². The molecule has 0 unspecified atom stereocenters. The molecule has 4 nitrogen and oxygen atoms in total. The van der Waals surface area contributed by atoms with Gasteiger partial charge in [-0.15, -0.1) is 0 Å². The van der Waals surface area contributed by atoms with Crippen LogP contribution in [0.25, 0.3) is 0 Å².